The van der Waals surface area contributed by atoms with Crippen LogP contribution < -0.4 is 0 Å². The highest BCUT2D eigenvalue weighted by atomic mass is 16.8. The van der Waals surface area contributed by atoms with Crippen molar-refractivity contribution < 1.29 is 114 Å². The van der Waals surface area contributed by atoms with Crippen molar-refractivity contribution in [3.05, 3.63) is 0 Å². The smallest absolute Gasteiger partial charge is 0.187 e. The Morgan fingerprint density at radius 2 is 1.09 bits per heavy atom. The summed E-state index contributed by atoms with van der Waals surface area (Å²) in [4.78, 5) is 0. The van der Waals surface area contributed by atoms with E-state index in [2.05, 4.69) is 48.5 Å². The molecule has 30 atom stereocenters. The SMILES string of the molecule is CC1(C)CC(O)C23C(O)CC4(C)C(CCC5(C)C6CCC(OC7OCC(OC8OC(CO)C(O)C(O)C8OC8OCC(O)C(O)C8O)C(O)C7OC7OC(CO)C(O)C(O)C7O)C(C)(C)C6CCC54C)(OC2O)C3C1. The molecule has 432 valence electrons. The molecular weight excluding hydrogens is 993 g/mol. The lowest BCUT2D eigenvalue weighted by atomic mass is 9.29. The second-order valence-electron chi connectivity index (χ2n) is 26.3. The van der Waals surface area contributed by atoms with Gasteiger partial charge in [0.1, 0.15) is 85.5 Å². The maximum atomic E-state index is 12.3. The van der Waals surface area contributed by atoms with E-state index in [9.17, 15) is 71.5 Å². The average molecular weight is 1080 g/mol. The van der Waals surface area contributed by atoms with Gasteiger partial charge in [0.05, 0.1) is 55.8 Å². The summed E-state index contributed by atoms with van der Waals surface area (Å²) in [5.74, 6) is 0.0209. The number of aliphatic hydroxyl groups is 14. The Morgan fingerprint density at radius 3 is 1.77 bits per heavy atom. The average Bonchev–Trinajstić information content (AvgIpc) is 3.57. The summed E-state index contributed by atoms with van der Waals surface area (Å²) in [6.45, 7) is 13.1. The third kappa shape index (κ3) is 8.37. The predicted octanol–water partition coefficient (Wildman–Crippen LogP) is -2.78. The van der Waals surface area contributed by atoms with E-state index in [1.165, 1.54) is 0 Å². The first-order valence-electron chi connectivity index (χ1n) is 27.3. The third-order valence-corrected chi connectivity index (χ3v) is 22.1. The van der Waals surface area contributed by atoms with Crippen LogP contribution in [-0.2, 0) is 42.6 Å². The number of aliphatic hydroxyl groups excluding tert-OH is 14. The Bertz CT molecular complexity index is 2040. The van der Waals surface area contributed by atoms with Gasteiger partial charge in [-0.15, -0.1) is 0 Å². The first-order valence-corrected chi connectivity index (χ1v) is 27.3. The molecule has 30 unspecified atom stereocenters. The minimum Gasteiger partial charge on any atom is -0.394 e. The molecule has 10 fully saturated rings. The Balaban J connectivity index is 0.905. The highest BCUT2D eigenvalue weighted by Crippen LogP contribution is 2.82. The topological polar surface area (TPSA) is 366 Å². The van der Waals surface area contributed by atoms with Crippen LogP contribution in [-0.4, -0.2) is 239 Å². The van der Waals surface area contributed by atoms with E-state index in [0.717, 1.165) is 25.7 Å². The fraction of sp³-hybridized carbons (Fsp3) is 1.00. The van der Waals surface area contributed by atoms with E-state index >= 15 is 0 Å². The molecule has 0 amide bonds. The minimum absolute atomic E-state index is 0.0946. The molecule has 0 aromatic rings. The standard InChI is InChI=1S/C52H86O23/c1-46(2)14-27-51-13-12-48(5)22-8-9-30(47(3,4)21(22)10-11-49(48,6)50(51,7)16-29(57)52(27,28(56)15-46)45(66)75-51)72-43-39(74-42-38(65)35(62)32(59)24(17-53)69-42)34(61)26(20-68-43)71-44-40(36(63)33(60)25(18-54)70-44)73-41-37(64)31(58)23(55)19-67-41/h21-45,53-66H,8-20H2,1-7H3. The summed E-state index contributed by atoms with van der Waals surface area (Å²) >= 11 is 0. The number of rotatable bonds is 10. The molecule has 23 heteroatoms. The van der Waals surface area contributed by atoms with Crippen molar-refractivity contribution in [1.82, 2.24) is 0 Å². The highest BCUT2D eigenvalue weighted by molar-refractivity contribution is 5.31. The van der Waals surface area contributed by atoms with Crippen LogP contribution in [0.25, 0.3) is 0 Å². The van der Waals surface area contributed by atoms with Crippen molar-refractivity contribution in [3.63, 3.8) is 0 Å². The van der Waals surface area contributed by atoms with Crippen LogP contribution in [0.5, 0.6) is 0 Å². The van der Waals surface area contributed by atoms with Gasteiger partial charge in [-0.1, -0.05) is 48.5 Å². The molecule has 5 aliphatic carbocycles. The van der Waals surface area contributed by atoms with E-state index in [0.29, 0.717) is 32.1 Å². The predicted molar refractivity (Wildman–Crippen MR) is 253 cm³/mol. The van der Waals surface area contributed by atoms with E-state index in [-0.39, 0.29) is 34.0 Å². The van der Waals surface area contributed by atoms with E-state index in [1.807, 2.05) is 0 Å². The quantitative estimate of drug-likeness (QED) is 0.0984. The minimum atomic E-state index is -1.90. The van der Waals surface area contributed by atoms with Crippen LogP contribution in [0.15, 0.2) is 0 Å². The van der Waals surface area contributed by atoms with Crippen LogP contribution in [0, 0.1) is 50.2 Å². The molecule has 75 heavy (non-hydrogen) atoms. The van der Waals surface area contributed by atoms with E-state index in [1.54, 1.807) is 0 Å². The maximum absolute atomic E-state index is 12.3. The van der Waals surface area contributed by atoms with Crippen LogP contribution in [0.1, 0.15) is 106 Å². The van der Waals surface area contributed by atoms with Crippen molar-refractivity contribution in [1.29, 1.82) is 0 Å². The van der Waals surface area contributed by atoms with Gasteiger partial charge in [0, 0.05) is 11.3 Å². The molecule has 10 rings (SSSR count). The van der Waals surface area contributed by atoms with Crippen LogP contribution in [0.4, 0.5) is 0 Å². The summed E-state index contributed by atoms with van der Waals surface area (Å²) in [7, 11) is 0. The summed E-state index contributed by atoms with van der Waals surface area (Å²) in [5.41, 5.74) is -3.92. The molecule has 5 heterocycles. The zero-order valence-corrected chi connectivity index (χ0v) is 44.1. The van der Waals surface area contributed by atoms with Crippen LogP contribution >= 0.6 is 0 Å². The molecule has 0 radical (unpaired) electrons. The fourth-order valence-corrected chi connectivity index (χ4v) is 17.5. The molecule has 5 aliphatic heterocycles. The normalized spacial score (nSPS) is 58.3. The summed E-state index contributed by atoms with van der Waals surface area (Å²) < 4.78 is 55.6. The van der Waals surface area contributed by atoms with Gasteiger partial charge in [-0.25, -0.2) is 0 Å². The Labute approximate surface area is 436 Å². The maximum Gasteiger partial charge on any atom is 0.187 e. The zero-order valence-electron chi connectivity index (χ0n) is 44.1. The summed E-state index contributed by atoms with van der Waals surface area (Å²) in [6, 6.07) is 0. The number of hydrogen-bond acceptors (Lipinski definition) is 23. The molecule has 2 bridgehead atoms. The van der Waals surface area contributed by atoms with Gasteiger partial charge in [-0.3, -0.25) is 0 Å². The first-order chi connectivity index (χ1) is 35.1. The van der Waals surface area contributed by atoms with Crippen LogP contribution in [0.3, 0.4) is 0 Å². The second kappa shape index (κ2) is 19.9. The van der Waals surface area contributed by atoms with Crippen molar-refractivity contribution in [2.75, 3.05) is 26.4 Å². The van der Waals surface area contributed by atoms with E-state index in [4.69, 9.17) is 42.6 Å². The van der Waals surface area contributed by atoms with E-state index < -0.39 is 183 Å². The zero-order chi connectivity index (χ0) is 54.5. The molecule has 5 saturated carbocycles. The monoisotopic (exact) mass is 1080 g/mol. The van der Waals surface area contributed by atoms with Crippen molar-refractivity contribution in [2.24, 2.45) is 50.2 Å². The van der Waals surface area contributed by atoms with Gasteiger partial charge in [-0.05, 0) is 91.3 Å². The summed E-state index contributed by atoms with van der Waals surface area (Å²) in [6.07, 6.45) is -28.0. The lowest BCUT2D eigenvalue weighted by Gasteiger charge is -2.76. The Morgan fingerprint density at radius 1 is 0.493 bits per heavy atom. The van der Waals surface area contributed by atoms with Gasteiger partial charge in [0.2, 0.25) is 0 Å². The Hall–Kier alpha value is -0.920. The third-order valence-electron chi connectivity index (χ3n) is 22.1. The molecule has 14 N–H and O–H groups in total. The Kier molecular flexibility index (Phi) is 15.2. The van der Waals surface area contributed by atoms with Crippen molar-refractivity contribution in [2.45, 2.75) is 247 Å². The van der Waals surface area contributed by atoms with Gasteiger partial charge >= 0.3 is 0 Å². The summed E-state index contributed by atoms with van der Waals surface area (Å²) in [5, 5.41) is 154. The van der Waals surface area contributed by atoms with Crippen molar-refractivity contribution in [3.8, 4) is 0 Å². The fourth-order valence-electron chi connectivity index (χ4n) is 17.5. The van der Waals surface area contributed by atoms with Crippen LogP contribution in [0.2, 0.25) is 0 Å². The molecule has 23 nitrogen and oxygen atoms in total. The first kappa shape index (κ1) is 57.3. The lowest BCUT2D eigenvalue weighted by molar-refractivity contribution is -0.392. The van der Waals surface area contributed by atoms with Gasteiger partial charge < -0.3 is 114 Å². The van der Waals surface area contributed by atoms with Gasteiger partial charge in [-0.2, -0.15) is 0 Å². The number of fused-ring (bicyclic) bond motifs is 4. The van der Waals surface area contributed by atoms with Crippen molar-refractivity contribution >= 4 is 0 Å². The molecule has 10 aliphatic rings. The molecule has 0 aromatic carbocycles. The highest BCUT2D eigenvalue weighted by Gasteiger charge is 2.84. The molecule has 5 saturated heterocycles. The lowest BCUT2D eigenvalue weighted by Crippen LogP contribution is -2.76. The largest absolute Gasteiger partial charge is 0.394 e. The number of ether oxygens (including phenoxy) is 9. The van der Waals surface area contributed by atoms with Gasteiger partial charge in [0.25, 0.3) is 0 Å². The second-order valence-corrected chi connectivity index (χ2v) is 26.3. The molecular formula is C52H86O23. The number of hydrogen-bond donors (Lipinski definition) is 14. The molecule has 0 aromatic heterocycles. The van der Waals surface area contributed by atoms with Gasteiger partial charge in [0.15, 0.2) is 31.5 Å². The molecule has 1 spiro atoms.